The predicted octanol–water partition coefficient (Wildman–Crippen LogP) is 1.83. The third kappa shape index (κ3) is 5.61. The first-order valence-corrected chi connectivity index (χ1v) is 12.5. The molecule has 1 unspecified atom stereocenters. The normalized spacial score (nSPS) is 20.8. The molecule has 3 atom stereocenters. The molecule has 0 radical (unpaired) electrons. The Morgan fingerprint density at radius 3 is 2.39 bits per heavy atom. The molecule has 2 fully saturated rings. The molecule has 3 rings (SSSR count). The monoisotopic (exact) mass is 549 g/mol. The number of esters is 1. The molecule has 2 aliphatic heterocycles. The number of primary amides is 1. The summed E-state index contributed by atoms with van der Waals surface area (Å²) in [6.45, 7) is 4.74. The number of nitrogens with two attached hydrogens (primary N) is 1. The van der Waals surface area contributed by atoms with Crippen molar-refractivity contribution in [3.05, 3.63) is 22.7 Å². The van der Waals surface area contributed by atoms with Gasteiger partial charge in [-0.15, -0.1) is 4.28 Å². The summed E-state index contributed by atoms with van der Waals surface area (Å²) in [4.78, 5) is 38.5. The maximum absolute atomic E-state index is 13.1. The van der Waals surface area contributed by atoms with Gasteiger partial charge in [-0.2, -0.15) is 13.5 Å². The Labute approximate surface area is 213 Å². The fourth-order valence-electron chi connectivity index (χ4n) is 3.85. The van der Waals surface area contributed by atoms with Crippen molar-refractivity contribution in [3.8, 4) is 11.5 Å². The van der Waals surface area contributed by atoms with Crippen LogP contribution in [0.5, 0.6) is 11.5 Å². The summed E-state index contributed by atoms with van der Waals surface area (Å²) in [5.74, 6) is -1.71. The first-order chi connectivity index (χ1) is 16.7. The Hall–Kier alpha value is -2.81. The van der Waals surface area contributed by atoms with Gasteiger partial charge < -0.3 is 24.8 Å². The van der Waals surface area contributed by atoms with Crippen LogP contribution in [0.15, 0.2) is 12.1 Å². The van der Waals surface area contributed by atoms with Crippen LogP contribution in [-0.4, -0.2) is 75.4 Å². The van der Waals surface area contributed by atoms with Crippen molar-refractivity contribution in [3.63, 3.8) is 0 Å². The minimum Gasteiger partial charge on any atom is -0.496 e. The molecule has 2 saturated heterocycles. The predicted molar refractivity (Wildman–Crippen MR) is 124 cm³/mol. The highest BCUT2D eigenvalue weighted by Crippen LogP contribution is 2.37. The molecule has 1 aromatic carbocycles. The number of benzene rings is 1. The standard InChI is InChI=1S/C21H28ClN3O10S/c1-21(2,3)19(33-18(27)15-14(31-4)9-7-12(22)16(15)32-5)34-36(29,30)35-25-11-6-8-13(17(23)26)24(10-11)20(25)28/h7,9,11,13,19H,6,8,10H2,1-5H3,(H2,23,26)/t11-,13+,19?/m1/s1. The Morgan fingerprint density at radius 2 is 1.83 bits per heavy atom. The van der Waals surface area contributed by atoms with E-state index in [4.69, 9.17) is 40.0 Å². The van der Waals surface area contributed by atoms with E-state index in [1.54, 1.807) is 20.8 Å². The molecule has 13 nitrogen and oxygen atoms in total. The van der Waals surface area contributed by atoms with Crippen LogP contribution in [0.25, 0.3) is 0 Å². The molecular formula is C21H28ClN3O10S. The van der Waals surface area contributed by atoms with Gasteiger partial charge in [-0.3, -0.25) is 4.79 Å². The second-order valence-corrected chi connectivity index (χ2v) is 10.8. The molecule has 0 saturated carbocycles. The van der Waals surface area contributed by atoms with Crippen LogP contribution >= 0.6 is 11.6 Å². The van der Waals surface area contributed by atoms with Crippen LogP contribution in [-0.2, 0) is 28.4 Å². The number of hydroxylamine groups is 2. The number of carbonyl (C=O) groups excluding carboxylic acids is 3. The van der Waals surface area contributed by atoms with Gasteiger partial charge in [0, 0.05) is 12.0 Å². The third-order valence-electron chi connectivity index (χ3n) is 5.65. The van der Waals surface area contributed by atoms with Crippen molar-refractivity contribution in [2.24, 2.45) is 11.1 Å². The van der Waals surface area contributed by atoms with Gasteiger partial charge in [-0.25, -0.2) is 13.8 Å². The average molecular weight is 550 g/mol. The molecule has 0 aliphatic carbocycles. The molecule has 2 heterocycles. The average Bonchev–Trinajstić information content (AvgIpc) is 3.01. The molecule has 2 bridgehead atoms. The molecule has 200 valence electrons. The largest absolute Gasteiger partial charge is 0.496 e. The maximum Gasteiger partial charge on any atom is 0.424 e. The number of amides is 3. The fourth-order valence-corrected chi connectivity index (χ4v) is 5.04. The van der Waals surface area contributed by atoms with E-state index in [1.807, 2.05) is 0 Å². The number of rotatable bonds is 9. The number of methoxy groups -OCH3 is 2. The summed E-state index contributed by atoms with van der Waals surface area (Å²) < 4.78 is 51.4. The number of piperidine rings is 1. The van der Waals surface area contributed by atoms with Crippen molar-refractivity contribution in [2.45, 2.75) is 52.0 Å². The lowest BCUT2D eigenvalue weighted by atomic mass is 9.96. The first-order valence-electron chi connectivity index (χ1n) is 10.8. The molecule has 2 aliphatic rings. The zero-order valence-electron chi connectivity index (χ0n) is 20.3. The lowest BCUT2D eigenvalue weighted by Gasteiger charge is -2.30. The van der Waals surface area contributed by atoms with Gasteiger partial charge in [0.2, 0.25) is 12.2 Å². The van der Waals surface area contributed by atoms with Crippen LogP contribution in [0, 0.1) is 5.41 Å². The van der Waals surface area contributed by atoms with E-state index >= 15 is 0 Å². The summed E-state index contributed by atoms with van der Waals surface area (Å²) in [5, 5.41) is 0.723. The van der Waals surface area contributed by atoms with Gasteiger partial charge in [0.15, 0.2) is 5.75 Å². The molecule has 2 N–H and O–H groups in total. The summed E-state index contributed by atoms with van der Waals surface area (Å²) in [5.41, 5.74) is 4.08. The Bertz CT molecular complexity index is 1150. The number of hydrogen-bond acceptors (Lipinski definition) is 10. The minimum atomic E-state index is -4.93. The van der Waals surface area contributed by atoms with Gasteiger partial charge >= 0.3 is 22.4 Å². The number of carbonyl (C=O) groups is 3. The lowest BCUT2D eigenvalue weighted by molar-refractivity contribution is -0.124. The van der Waals surface area contributed by atoms with E-state index in [1.165, 1.54) is 26.4 Å². The van der Waals surface area contributed by atoms with E-state index in [9.17, 15) is 22.8 Å². The van der Waals surface area contributed by atoms with Gasteiger partial charge in [-0.1, -0.05) is 32.4 Å². The quantitative estimate of drug-likeness (QED) is 0.355. The molecule has 15 heteroatoms. The molecule has 1 aromatic rings. The zero-order valence-corrected chi connectivity index (χ0v) is 21.9. The van der Waals surface area contributed by atoms with Gasteiger partial charge in [0.25, 0.3) is 0 Å². The summed E-state index contributed by atoms with van der Waals surface area (Å²) in [6, 6.07) is 0.527. The topological polar surface area (TPSA) is 164 Å². The lowest BCUT2D eigenvalue weighted by Crippen LogP contribution is -2.47. The van der Waals surface area contributed by atoms with E-state index in [2.05, 4.69) is 0 Å². The molecular weight excluding hydrogens is 522 g/mol. The second kappa shape index (κ2) is 10.3. The SMILES string of the molecule is COc1ccc(Cl)c(OC)c1C(=O)OC(OS(=O)(=O)ON1C(=O)N2C[C@H]1CC[C@H]2C(N)=O)C(C)(C)C. The van der Waals surface area contributed by atoms with Crippen LogP contribution in [0.2, 0.25) is 5.02 Å². The van der Waals surface area contributed by atoms with Crippen molar-refractivity contribution in [2.75, 3.05) is 20.8 Å². The number of nitrogens with zero attached hydrogens (tertiary/aromatic N) is 2. The highest BCUT2D eigenvalue weighted by molar-refractivity contribution is 7.81. The molecule has 0 spiro atoms. The molecule has 36 heavy (non-hydrogen) atoms. The van der Waals surface area contributed by atoms with Crippen LogP contribution in [0.4, 0.5) is 4.79 Å². The Morgan fingerprint density at radius 1 is 1.17 bits per heavy atom. The van der Waals surface area contributed by atoms with E-state index in [-0.39, 0.29) is 41.5 Å². The van der Waals surface area contributed by atoms with Gasteiger partial charge in [0.1, 0.15) is 17.4 Å². The van der Waals surface area contributed by atoms with Crippen molar-refractivity contribution in [1.82, 2.24) is 9.96 Å². The number of hydrogen-bond donors (Lipinski definition) is 1. The smallest absolute Gasteiger partial charge is 0.424 e. The number of fused-ring (bicyclic) bond motifs is 2. The van der Waals surface area contributed by atoms with E-state index in [0.29, 0.717) is 5.06 Å². The first kappa shape index (κ1) is 27.8. The number of ether oxygens (including phenoxy) is 3. The van der Waals surface area contributed by atoms with Crippen LogP contribution in [0.1, 0.15) is 44.0 Å². The van der Waals surface area contributed by atoms with Crippen molar-refractivity contribution < 1.29 is 45.5 Å². The Kier molecular flexibility index (Phi) is 7.93. The second-order valence-electron chi connectivity index (χ2n) is 9.25. The van der Waals surface area contributed by atoms with E-state index in [0.717, 1.165) is 4.90 Å². The van der Waals surface area contributed by atoms with Gasteiger partial charge in [0.05, 0.1) is 25.3 Å². The number of urea groups is 1. The Balaban J connectivity index is 1.81. The van der Waals surface area contributed by atoms with Crippen molar-refractivity contribution in [1.29, 1.82) is 0 Å². The van der Waals surface area contributed by atoms with Crippen LogP contribution in [0.3, 0.4) is 0 Å². The summed E-state index contributed by atoms with van der Waals surface area (Å²) in [7, 11) is -2.32. The highest BCUT2D eigenvalue weighted by Gasteiger charge is 2.49. The molecule has 3 amide bonds. The van der Waals surface area contributed by atoms with Crippen molar-refractivity contribution >= 4 is 39.9 Å². The summed E-state index contributed by atoms with van der Waals surface area (Å²) in [6.07, 6.45) is -1.14. The fraction of sp³-hybridized carbons (Fsp3) is 0.571. The van der Waals surface area contributed by atoms with Gasteiger partial charge in [-0.05, 0) is 25.0 Å². The van der Waals surface area contributed by atoms with Crippen LogP contribution < -0.4 is 15.2 Å². The molecule has 0 aromatic heterocycles. The summed E-state index contributed by atoms with van der Waals surface area (Å²) >= 11 is 6.11. The van der Waals surface area contributed by atoms with E-state index < -0.39 is 52.1 Å². The third-order valence-corrected chi connectivity index (χ3v) is 6.70. The number of halogens is 1. The minimum absolute atomic E-state index is 0.0409. The maximum atomic E-state index is 13.1. The highest BCUT2D eigenvalue weighted by atomic mass is 35.5. The zero-order chi connectivity index (χ0) is 27.0.